The minimum Gasteiger partial charge on any atom is -0.496 e. The number of amides is 1. The fraction of sp³-hybridized carbons (Fsp3) is 0.500. The number of nitrogens with one attached hydrogen (secondary N) is 2. The van der Waals surface area contributed by atoms with Crippen LogP contribution in [0, 0.1) is 18.3 Å². The van der Waals surface area contributed by atoms with Gasteiger partial charge in [-0.1, -0.05) is 18.2 Å². The molecule has 0 bridgehead atoms. The SMILES string of the molecule is COc1ccccc1-c1c(C)nn(C)c1NC(=O)C1CC12CCNCC2. The smallest absolute Gasteiger partial charge is 0.229 e. The monoisotopic (exact) mass is 354 g/mol. The van der Waals surface area contributed by atoms with E-state index >= 15 is 0 Å². The van der Waals surface area contributed by atoms with Crippen molar-refractivity contribution in [3.05, 3.63) is 30.0 Å². The minimum absolute atomic E-state index is 0.116. The molecule has 4 rings (SSSR count). The maximum Gasteiger partial charge on any atom is 0.229 e. The molecular weight excluding hydrogens is 328 g/mol. The topological polar surface area (TPSA) is 68.2 Å². The van der Waals surface area contributed by atoms with Gasteiger partial charge in [0.05, 0.1) is 18.4 Å². The third-order valence-electron chi connectivity index (χ3n) is 5.95. The standard InChI is InChI=1S/C20H26N4O2/c1-13-17(14-6-4-5-7-16(14)26-3)18(24(2)23-13)22-19(25)15-12-20(15)8-10-21-11-9-20/h4-7,15,21H,8-12H2,1-3H3,(H,22,25). The van der Waals surface area contributed by atoms with Crippen LogP contribution >= 0.6 is 0 Å². The van der Waals surface area contributed by atoms with Crippen molar-refractivity contribution in [2.24, 2.45) is 18.4 Å². The molecule has 2 heterocycles. The lowest BCUT2D eigenvalue weighted by atomic mass is 9.92. The van der Waals surface area contributed by atoms with Crippen LogP contribution < -0.4 is 15.4 Å². The second-order valence-corrected chi connectivity index (χ2v) is 7.49. The van der Waals surface area contributed by atoms with Crippen molar-refractivity contribution in [2.75, 3.05) is 25.5 Å². The molecule has 1 aliphatic heterocycles. The average Bonchev–Trinajstić information content (AvgIpc) is 3.26. The van der Waals surface area contributed by atoms with Gasteiger partial charge >= 0.3 is 0 Å². The Kier molecular flexibility index (Phi) is 4.23. The highest BCUT2D eigenvalue weighted by atomic mass is 16.5. The molecule has 2 N–H and O–H groups in total. The predicted octanol–water partition coefficient (Wildman–Crippen LogP) is 2.73. The highest BCUT2D eigenvalue weighted by Crippen LogP contribution is 2.59. The molecular formula is C20H26N4O2. The van der Waals surface area contributed by atoms with Crippen LogP contribution in [0.1, 0.15) is 25.0 Å². The van der Waals surface area contributed by atoms with Gasteiger partial charge in [0.2, 0.25) is 5.91 Å². The number of rotatable bonds is 4. The van der Waals surface area contributed by atoms with Crippen molar-refractivity contribution in [1.29, 1.82) is 0 Å². The van der Waals surface area contributed by atoms with Crippen LogP contribution in [0.3, 0.4) is 0 Å². The Bertz CT molecular complexity index is 836. The molecule has 2 aromatic rings. The normalized spacial score (nSPS) is 20.8. The molecule has 6 nitrogen and oxygen atoms in total. The van der Waals surface area contributed by atoms with Gasteiger partial charge in [0.1, 0.15) is 11.6 Å². The van der Waals surface area contributed by atoms with Crippen molar-refractivity contribution >= 4 is 11.7 Å². The summed E-state index contributed by atoms with van der Waals surface area (Å²) in [7, 11) is 3.53. The van der Waals surface area contributed by atoms with Gasteiger partial charge in [-0.15, -0.1) is 0 Å². The van der Waals surface area contributed by atoms with Gasteiger partial charge in [0, 0.05) is 18.5 Å². The number of piperidine rings is 1. The molecule has 138 valence electrons. The van der Waals surface area contributed by atoms with E-state index in [2.05, 4.69) is 15.7 Å². The van der Waals surface area contributed by atoms with Crippen molar-refractivity contribution in [2.45, 2.75) is 26.2 Å². The number of para-hydroxylation sites is 1. The molecule has 2 fully saturated rings. The van der Waals surface area contributed by atoms with Crippen molar-refractivity contribution in [3.8, 4) is 16.9 Å². The Morgan fingerprint density at radius 3 is 2.81 bits per heavy atom. The first kappa shape index (κ1) is 17.1. The Balaban J connectivity index is 1.63. The van der Waals surface area contributed by atoms with Crippen LogP contribution in [-0.2, 0) is 11.8 Å². The first-order valence-corrected chi connectivity index (χ1v) is 9.24. The van der Waals surface area contributed by atoms with E-state index in [0.717, 1.165) is 60.7 Å². The summed E-state index contributed by atoms with van der Waals surface area (Å²) in [5.74, 6) is 1.75. The van der Waals surface area contributed by atoms with Crippen LogP contribution in [0.15, 0.2) is 24.3 Å². The molecule has 2 aliphatic rings. The van der Waals surface area contributed by atoms with E-state index in [4.69, 9.17) is 4.74 Å². The van der Waals surface area contributed by atoms with Crippen LogP contribution in [0.2, 0.25) is 0 Å². The lowest BCUT2D eigenvalue weighted by Gasteiger charge is -2.23. The molecule has 1 aromatic heterocycles. The van der Waals surface area contributed by atoms with Gasteiger partial charge in [-0.25, -0.2) is 0 Å². The van der Waals surface area contributed by atoms with Crippen LogP contribution in [-0.4, -0.2) is 35.9 Å². The first-order valence-electron chi connectivity index (χ1n) is 9.24. The third-order valence-corrected chi connectivity index (χ3v) is 5.95. The van der Waals surface area contributed by atoms with Gasteiger partial charge in [0.25, 0.3) is 0 Å². The van der Waals surface area contributed by atoms with Crippen LogP contribution in [0.4, 0.5) is 5.82 Å². The predicted molar refractivity (Wildman–Crippen MR) is 101 cm³/mol. The molecule has 1 atom stereocenters. The van der Waals surface area contributed by atoms with Gasteiger partial charge in [0.15, 0.2) is 0 Å². The number of methoxy groups -OCH3 is 1. The van der Waals surface area contributed by atoms with E-state index in [-0.39, 0.29) is 17.2 Å². The number of carbonyl (C=O) groups excluding carboxylic acids is 1. The Morgan fingerprint density at radius 2 is 2.08 bits per heavy atom. The lowest BCUT2D eigenvalue weighted by molar-refractivity contribution is -0.118. The molecule has 1 saturated carbocycles. The summed E-state index contributed by atoms with van der Waals surface area (Å²) in [6, 6.07) is 7.85. The van der Waals surface area contributed by atoms with Crippen LogP contribution in [0.25, 0.3) is 11.1 Å². The molecule has 26 heavy (non-hydrogen) atoms. The molecule has 6 heteroatoms. The Labute approximate surface area is 153 Å². The third kappa shape index (κ3) is 2.78. The van der Waals surface area contributed by atoms with Gasteiger partial charge in [-0.05, 0) is 50.8 Å². The summed E-state index contributed by atoms with van der Waals surface area (Å²) in [5.41, 5.74) is 2.97. The number of carbonyl (C=O) groups is 1. The number of hydrogen-bond acceptors (Lipinski definition) is 4. The van der Waals surface area contributed by atoms with Gasteiger partial charge in [-0.3, -0.25) is 9.48 Å². The van der Waals surface area contributed by atoms with E-state index in [0.29, 0.717) is 0 Å². The lowest BCUT2D eigenvalue weighted by Crippen LogP contribution is -2.31. The van der Waals surface area contributed by atoms with E-state index in [1.165, 1.54) is 0 Å². The summed E-state index contributed by atoms with van der Waals surface area (Å²) >= 11 is 0. The summed E-state index contributed by atoms with van der Waals surface area (Å²) < 4.78 is 7.27. The zero-order valence-electron chi connectivity index (χ0n) is 15.6. The number of ether oxygens (including phenoxy) is 1. The summed E-state index contributed by atoms with van der Waals surface area (Å²) in [6.07, 6.45) is 3.19. The van der Waals surface area contributed by atoms with Crippen molar-refractivity contribution in [1.82, 2.24) is 15.1 Å². The first-order chi connectivity index (χ1) is 12.6. The quantitative estimate of drug-likeness (QED) is 0.886. The number of aromatic nitrogens is 2. The fourth-order valence-electron chi connectivity index (χ4n) is 4.37. The molecule has 1 spiro atoms. The zero-order valence-corrected chi connectivity index (χ0v) is 15.6. The second kappa shape index (κ2) is 6.43. The van der Waals surface area contributed by atoms with E-state index < -0.39 is 0 Å². The number of anilines is 1. The maximum absolute atomic E-state index is 12.9. The highest BCUT2D eigenvalue weighted by Gasteiger charge is 2.57. The molecule has 1 aromatic carbocycles. The highest BCUT2D eigenvalue weighted by molar-refractivity contribution is 5.98. The molecule has 0 radical (unpaired) electrons. The largest absolute Gasteiger partial charge is 0.496 e. The number of hydrogen-bond donors (Lipinski definition) is 2. The Morgan fingerprint density at radius 1 is 1.35 bits per heavy atom. The zero-order chi connectivity index (χ0) is 18.3. The number of aryl methyl sites for hydroxylation is 2. The summed E-state index contributed by atoms with van der Waals surface area (Å²) in [6.45, 7) is 3.99. The molecule has 1 unspecified atom stereocenters. The summed E-state index contributed by atoms with van der Waals surface area (Å²) in [4.78, 5) is 12.9. The molecule has 1 aliphatic carbocycles. The minimum atomic E-state index is 0.116. The van der Waals surface area contributed by atoms with Gasteiger partial charge < -0.3 is 15.4 Å². The molecule has 1 saturated heterocycles. The fourth-order valence-corrected chi connectivity index (χ4v) is 4.37. The van der Waals surface area contributed by atoms with E-state index in [1.807, 2.05) is 38.2 Å². The average molecular weight is 354 g/mol. The maximum atomic E-state index is 12.9. The summed E-state index contributed by atoms with van der Waals surface area (Å²) in [5, 5.41) is 11.1. The van der Waals surface area contributed by atoms with Gasteiger partial charge in [-0.2, -0.15) is 5.10 Å². The van der Waals surface area contributed by atoms with Crippen LogP contribution in [0.5, 0.6) is 5.75 Å². The second-order valence-electron chi connectivity index (χ2n) is 7.49. The van der Waals surface area contributed by atoms with Crippen molar-refractivity contribution < 1.29 is 9.53 Å². The number of nitrogens with zero attached hydrogens (tertiary/aromatic N) is 2. The van der Waals surface area contributed by atoms with Crippen molar-refractivity contribution in [3.63, 3.8) is 0 Å². The van der Waals surface area contributed by atoms with E-state index in [1.54, 1.807) is 11.8 Å². The molecule has 1 amide bonds. The number of benzene rings is 1. The van der Waals surface area contributed by atoms with E-state index in [9.17, 15) is 4.79 Å². The Hall–Kier alpha value is -2.34.